The smallest absolute Gasteiger partial charge is 0.0475 e. The van der Waals surface area contributed by atoms with Gasteiger partial charge in [-0.15, -0.1) is 0 Å². The van der Waals surface area contributed by atoms with Crippen LogP contribution in [0.5, 0.6) is 0 Å². The number of aryl methyl sites for hydroxylation is 1. The summed E-state index contributed by atoms with van der Waals surface area (Å²) in [4.78, 5) is 0. The van der Waals surface area contributed by atoms with Crippen molar-refractivity contribution in [3.63, 3.8) is 0 Å². The second kappa shape index (κ2) is 7.43. The summed E-state index contributed by atoms with van der Waals surface area (Å²) in [6.45, 7) is 6.27. The van der Waals surface area contributed by atoms with Crippen LogP contribution in [0.2, 0.25) is 0 Å². The first-order valence-corrected chi connectivity index (χ1v) is 8.80. The number of benzene rings is 1. The van der Waals surface area contributed by atoms with E-state index < -0.39 is 0 Å². The van der Waals surface area contributed by atoms with Gasteiger partial charge in [-0.1, -0.05) is 36.4 Å². The number of nitrogens with one attached hydrogen (secondary N) is 1. The van der Waals surface area contributed by atoms with Crippen LogP contribution in [0.4, 0.5) is 0 Å². The molecule has 1 aromatic carbocycles. The molecule has 2 aliphatic rings. The summed E-state index contributed by atoms with van der Waals surface area (Å²) < 4.78 is 5.65. The van der Waals surface area contributed by atoms with Gasteiger partial charge in [0.1, 0.15) is 0 Å². The molecule has 120 valence electrons. The molecule has 22 heavy (non-hydrogen) atoms. The fraction of sp³-hybridized carbons (Fsp3) is 0.600. The first-order chi connectivity index (χ1) is 10.8. The van der Waals surface area contributed by atoms with Gasteiger partial charge in [-0.25, -0.2) is 0 Å². The van der Waals surface area contributed by atoms with Crippen LogP contribution in [0.15, 0.2) is 36.4 Å². The van der Waals surface area contributed by atoms with Gasteiger partial charge in [-0.05, 0) is 62.6 Å². The lowest BCUT2D eigenvalue weighted by Gasteiger charge is -2.39. The van der Waals surface area contributed by atoms with E-state index >= 15 is 0 Å². The van der Waals surface area contributed by atoms with Gasteiger partial charge in [0.25, 0.3) is 0 Å². The second-order valence-electron chi connectivity index (χ2n) is 6.99. The van der Waals surface area contributed by atoms with Crippen molar-refractivity contribution in [3.05, 3.63) is 47.5 Å². The average molecular weight is 299 g/mol. The van der Waals surface area contributed by atoms with Gasteiger partial charge in [0.05, 0.1) is 0 Å². The van der Waals surface area contributed by atoms with E-state index in [0.717, 1.165) is 45.1 Å². The van der Waals surface area contributed by atoms with Crippen molar-refractivity contribution in [1.82, 2.24) is 5.32 Å². The van der Waals surface area contributed by atoms with E-state index in [2.05, 4.69) is 48.7 Å². The predicted molar refractivity (Wildman–Crippen MR) is 92.3 cm³/mol. The molecule has 3 rings (SSSR count). The van der Waals surface area contributed by atoms with Crippen LogP contribution in [0.1, 0.15) is 43.2 Å². The van der Waals surface area contributed by atoms with Crippen molar-refractivity contribution in [2.45, 2.75) is 44.4 Å². The van der Waals surface area contributed by atoms with Gasteiger partial charge in [0, 0.05) is 25.2 Å². The Balaban J connectivity index is 1.67. The minimum absolute atomic E-state index is 0.258. The molecule has 1 atom stereocenters. The highest BCUT2D eigenvalue weighted by Gasteiger charge is 2.35. The monoisotopic (exact) mass is 299 g/mol. The van der Waals surface area contributed by atoms with Crippen molar-refractivity contribution in [2.24, 2.45) is 5.92 Å². The Kier molecular flexibility index (Phi) is 5.32. The van der Waals surface area contributed by atoms with Gasteiger partial charge in [0.2, 0.25) is 0 Å². The molecule has 1 aromatic rings. The Labute approximate surface area is 135 Å². The summed E-state index contributed by atoms with van der Waals surface area (Å²) >= 11 is 0. The molecular formula is C20H29NO. The molecule has 0 radical (unpaired) electrons. The number of ether oxygens (including phenoxy) is 1. The first-order valence-electron chi connectivity index (χ1n) is 8.80. The Morgan fingerprint density at radius 1 is 1.18 bits per heavy atom. The van der Waals surface area contributed by atoms with Crippen molar-refractivity contribution in [2.75, 3.05) is 26.3 Å². The molecule has 0 saturated carbocycles. The normalized spacial score (nSPS) is 24.3. The third-order valence-electron chi connectivity index (χ3n) is 5.44. The summed E-state index contributed by atoms with van der Waals surface area (Å²) in [6, 6.07) is 8.91. The third kappa shape index (κ3) is 3.61. The minimum atomic E-state index is 0.258. The predicted octanol–water partition coefficient (Wildman–Crippen LogP) is 3.99. The molecule has 1 aliphatic carbocycles. The van der Waals surface area contributed by atoms with Gasteiger partial charge >= 0.3 is 0 Å². The Morgan fingerprint density at radius 2 is 2.00 bits per heavy atom. The van der Waals surface area contributed by atoms with Crippen LogP contribution in [-0.2, 0) is 10.2 Å². The summed E-state index contributed by atoms with van der Waals surface area (Å²) in [5.41, 5.74) is 3.20. The Morgan fingerprint density at radius 3 is 2.73 bits per heavy atom. The molecular weight excluding hydrogens is 270 g/mol. The highest BCUT2D eigenvalue weighted by molar-refractivity contribution is 5.34. The summed E-state index contributed by atoms with van der Waals surface area (Å²) in [5, 5.41) is 3.80. The summed E-state index contributed by atoms with van der Waals surface area (Å²) in [5.74, 6) is 0.818. The zero-order chi connectivity index (χ0) is 15.3. The zero-order valence-corrected chi connectivity index (χ0v) is 13.8. The van der Waals surface area contributed by atoms with E-state index in [1.165, 1.54) is 30.4 Å². The van der Waals surface area contributed by atoms with E-state index in [4.69, 9.17) is 4.74 Å². The molecule has 1 saturated heterocycles. The van der Waals surface area contributed by atoms with Crippen molar-refractivity contribution in [3.8, 4) is 0 Å². The van der Waals surface area contributed by atoms with Crippen molar-refractivity contribution in [1.29, 1.82) is 0 Å². The number of hydrogen-bond acceptors (Lipinski definition) is 2. The molecule has 0 aromatic heterocycles. The maximum atomic E-state index is 5.65. The summed E-state index contributed by atoms with van der Waals surface area (Å²) in [6.07, 6.45) is 10.8. The van der Waals surface area contributed by atoms with E-state index in [1.807, 2.05) is 0 Å². The second-order valence-corrected chi connectivity index (χ2v) is 6.99. The molecule has 1 N–H and O–H groups in total. The van der Waals surface area contributed by atoms with E-state index in [1.54, 1.807) is 0 Å². The Hall–Kier alpha value is -1.12. The standard InChI is InChI=1S/C20H29NO/c1-17-7-5-6-10-19(17)20(11-13-22-14-12-20)16-21-15-18-8-3-2-4-9-18/h2-3,5-7,10,18,21H,4,8-9,11-16H2,1H3. The number of hydrogen-bond donors (Lipinski definition) is 1. The van der Waals surface area contributed by atoms with Crippen LogP contribution in [0.3, 0.4) is 0 Å². The van der Waals surface area contributed by atoms with Crippen LogP contribution in [0.25, 0.3) is 0 Å². The number of rotatable bonds is 5. The fourth-order valence-corrected chi connectivity index (χ4v) is 4.03. The maximum absolute atomic E-state index is 5.65. The van der Waals surface area contributed by atoms with Gasteiger partial charge in [-0.3, -0.25) is 0 Å². The molecule has 0 amide bonds. The van der Waals surface area contributed by atoms with Crippen LogP contribution in [0, 0.1) is 12.8 Å². The van der Waals surface area contributed by atoms with Gasteiger partial charge in [-0.2, -0.15) is 0 Å². The van der Waals surface area contributed by atoms with Crippen molar-refractivity contribution < 1.29 is 4.74 Å². The topological polar surface area (TPSA) is 21.3 Å². The minimum Gasteiger partial charge on any atom is -0.381 e. The van der Waals surface area contributed by atoms with E-state index in [0.29, 0.717) is 0 Å². The average Bonchev–Trinajstić information content (AvgIpc) is 2.57. The molecule has 1 heterocycles. The molecule has 1 fully saturated rings. The van der Waals surface area contributed by atoms with Crippen LogP contribution >= 0.6 is 0 Å². The molecule has 0 bridgehead atoms. The Bertz CT molecular complexity index is 502. The SMILES string of the molecule is Cc1ccccc1C1(CNCC2CC=CCC2)CCOCC1. The fourth-order valence-electron chi connectivity index (χ4n) is 4.03. The molecule has 1 unspecified atom stereocenters. The van der Waals surface area contributed by atoms with E-state index in [-0.39, 0.29) is 5.41 Å². The molecule has 0 spiro atoms. The van der Waals surface area contributed by atoms with E-state index in [9.17, 15) is 0 Å². The third-order valence-corrected chi connectivity index (χ3v) is 5.44. The quantitative estimate of drug-likeness (QED) is 0.830. The van der Waals surface area contributed by atoms with Crippen molar-refractivity contribution >= 4 is 0 Å². The van der Waals surface area contributed by atoms with Crippen LogP contribution < -0.4 is 5.32 Å². The summed E-state index contributed by atoms with van der Waals surface area (Å²) in [7, 11) is 0. The largest absolute Gasteiger partial charge is 0.381 e. The molecule has 2 nitrogen and oxygen atoms in total. The highest BCUT2D eigenvalue weighted by Crippen LogP contribution is 2.36. The maximum Gasteiger partial charge on any atom is 0.0475 e. The lowest BCUT2D eigenvalue weighted by atomic mass is 9.72. The lowest BCUT2D eigenvalue weighted by Crippen LogP contribution is -2.44. The number of allylic oxidation sites excluding steroid dienone is 2. The van der Waals surface area contributed by atoms with Gasteiger partial charge < -0.3 is 10.1 Å². The molecule has 1 aliphatic heterocycles. The zero-order valence-electron chi connectivity index (χ0n) is 13.8. The first kappa shape index (κ1) is 15.8. The molecule has 2 heteroatoms. The van der Waals surface area contributed by atoms with Gasteiger partial charge in [0.15, 0.2) is 0 Å². The lowest BCUT2D eigenvalue weighted by molar-refractivity contribution is 0.0493. The highest BCUT2D eigenvalue weighted by atomic mass is 16.5. The van der Waals surface area contributed by atoms with Crippen LogP contribution in [-0.4, -0.2) is 26.3 Å².